The maximum absolute atomic E-state index is 11.7. The highest BCUT2D eigenvalue weighted by Crippen LogP contribution is 2.00. The van der Waals surface area contributed by atoms with Gasteiger partial charge in [-0.3, -0.25) is 14.4 Å². The Labute approximate surface area is 101 Å². The van der Waals surface area contributed by atoms with Crippen LogP contribution < -0.4 is 16.0 Å². The molecule has 6 heteroatoms. The van der Waals surface area contributed by atoms with Crippen molar-refractivity contribution in [1.29, 1.82) is 0 Å². The molecule has 1 heterocycles. The smallest absolute Gasteiger partial charge is 0.242 e. The van der Waals surface area contributed by atoms with Crippen LogP contribution in [0.2, 0.25) is 0 Å². The Morgan fingerprint density at radius 3 is 2.41 bits per heavy atom. The van der Waals surface area contributed by atoms with Gasteiger partial charge in [0.15, 0.2) is 0 Å². The zero-order valence-corrected chi connectivity index (χ0v) is 10.4. The van der Waals surface area contributed by atoms with Crippen LogP contribution in [0.1, 0.15) is 27.2 Å². The molecule has 3 amide bonds. The molecule has 6 nitrogen and oxygen atoms in total. The lowest BCUT2D eigenvalue weighted by atomic mass is 10.2. The molecule has 1 aliphatic heterocycles. The summed E-state index contributed by atoms with van der Waals surface area (Å²) in [6.07, 6.45) is 0.302. The lowest BCUT2D eigenvalue weighted by Crippen LogP contribution is -2.49. The van der Waals surface area contributed by atoms with E-state index in [0.717, 1.165) is 0 Å². The molecular weight excluding hydrogens is 222 g/mol. The number of carbonyl (C=O) groups is 3. The Bertz CT molecular complexity index is 328. The Morgan fingerprint density at radius 1 is 1.29 bits per heavy atom. The predicted molar refractivity (Wildman–Crippen MR) is 62.0 cm³/mol. The SMILES string of the molecule is CC(C)C(=O)N[C@@H](C)C(=O)N[C@H]1CNC(=O)C1. The molecule has 0 aromatic rings. The second-order valence-corrected chi connectivity index (χ2v) is 4.60. The highest BCUT2D eigenvalue weighted by atomic mass is 16.2. The van der Waals surface area contributed by atoms with Crippen molar-refractivity contribution in [3.8, 4) is 0 Å². The Balaban J connectivity index is 2.37. The van der Waals surface area contributed by atoms with Crippen LogP contribution in [0.5, 0.6) is 0 Å². The maximum Gasteiger partial charge on any atom is 0.242 e. The topological polar surface area (TPSA) is 87.3 Å². The van der Waals surface area contributed by atoms with Gasteiger partial charge in [-0.25, -0.2) is 0 Å². The first kappa shape index (κ1) is 13.5. The van der Waals surface area contributed by atoms with E-state index in [1.807, 2.05) is 0 Å². The summed E-state index contributed by atoms with van der Waals surface area (Å²) in [5, 5.41) is 7.96. The van der Waals surface area contributed by atoms with Gasteiger partial charge in [-0.1, -0.05) is 13.8 Å². The average Bonchev–Trinajstić information content (AvgIpc) is 2.63. The summed E-state index contributed by atoms with van der Waals surface area (Å²) in [4.78, 5) is 34.0. The number of amides is 3. The van der Waals surface area contributed by atoms with Gasteiger partial charge in [-0.05, 0) is 6.92 Å². The average molecular weight is 241 g/mol. The third-order valence-corrected chi connectivity index (χ3v) is 2.60. The van der Waals surface area contributed by atoms with Gasteiger partial charge in [0, 0.05) is 18.9 Å². The summed E-state index contributed by atoms with van der Waals surface area (Å²) in [7, 11) is 0. The molecule has 0 aliphatic carbocycles. The highest BCUT2D eigenvalue weighted by molar-refractivity contribution is 5.89. The van der Waals surface area contributed by atoms with E-state index >= 15 is 0 Å². The van der Waals surface area contributed by atoms with E-state index in [1.165, 1.54) is 0 Å². The van der Waals surface area contributed by atoms with Gasteiger partial charge in [0.1, 0.15) is 6.04 Å². The lowest BCUT2D eigenvalue weighted by molar-refractivity contribution is -0.130. The molecule has 2 atom stereocenters. The number of carbonyl (C=O) groups excluding carboxylic acids is 3. The zero-order chi connectivity index (χ0) is 13.0. The van der Waals surface area contributed by atoms with Crippen LogP contribution in [-0.2, 0) is 14.4 Å². The number of hydrogen-bond donors (Lipinski definition) is 3. The van der Waals surface area contributed by atoms with Crippen molar-refractivity contribution in [3.05, 3.63) is 0 Å². The van der Waals surface area contributed by atoms with Crippen molar-refractivity contribution in [2.24, 2.45) is 5.92 Å². The van der Waals surface area contributed by atoms with Crippen LogP contribution in [-0.4, -0.2) is 36.3 Å². The quantitative estimate of drug-likeness (QED) is 0.599. The third kappa shape index (κ3) is 4.05. The van der Waals surface area contributed by atoms with E-state index < -0.39 is 6.04 Å². The van der Waals surface area contributed by atoms with Gasteiger partial charge in [-0.2, -0.15) is 0 Å². The summed E-state index contributed by atoms with van der Waals surface area (Å²) in [6, 6.07) is -0.756. The molecule has 1 rings (SSSR count). The minimum Gasteiger partial charge on any atom is -0.354 e. The van der Waals surface area contributed by atoms with Crippen LogP contribution in [0.3, 0.4) is 0 Å². The molecule has 0 saturated carbocycles. The number of hydrogen-bond acceptors (Lipinski definition) is 3. The van der Waals surface area contributed by atoms with Crippen LogP contribution >= 0.6 is 0 Å². The summed E-state index contributed by atoms with van der Waals surface area (Å²) < 4.78 is 0. The van der Waals surface area contributed by atoms with E-state index in [2.05, 4.69) is 16.0 Å². The van der Waals surface area contributed by atoms with Crippen LogP contribution in [0, 0.1) is 5.92 Å². The fourth-order valence-electron chi connectivity index (χ4n) is 1.48. The van der Waals surface area contributed by atoms with Gasteiger partial charge in [0.2, 0.25) is 17.7 Å². The Hall–Kier alpha value is -1.59. The van der Waals surface area contributed by atoms with E-state index in [4.69, 9.17) is 0 Å². The first-order valence-electron chi connectivity index (χ1n) is 5.77. The van der Waals surface area contributed by atoms with Gasteiger partial charge < -0.3 is 16.0 Å². The molecule has 1 fully saturated rings. The zero-order valence-electron chi connectivity index (χ0n) is 10.4. The fraction of sp³-hybridized carbons (Fsp3) is 0.727. The monoisotopic (exact) mass is 241 g/mol. The van der Waals surface area contributed by atoms with Gasteiger partial charge in [0.25, 0.3) is 0 Å². The molecule has 0 bridgehead atoms. The van der Waals surface area contributed by atoms with Crippen molar-refractivity contribution >= 4 is 17.7 Å². The normalized spacial score (nSPS) is 20.9. The van der Waals surface area contributed by atoms with Crippen LogP contribution in [0.15, 0.2) is 0 Å². The minimum absolute atomic E-state index is 0.0610. The van der Waals surface area contributed by atoms with Crippen molar-refractivity contribution in [2.75, 3.05) is 6.54 Å². The molecule has 0 radical (unpaired) electrons. The lowest BCUT2D eigenvalue weighted by Gasteiger charge is -2.17. The number of nitrogens with one attached hydrogen (secondary N) is 3. The van der Waals surface area contributed by atoms with Crippen LogP contribution in [0.25, 0.3) is 0 Å². The molecule has 1 saturated heterocycles. The molecule has 96 valence electrons. The maximum atomic E-state index is 11.7. The van der Waals surface area contributed by atoms with Crippen molar-refractivity contribution < 1.29 is 14.4 Å². The first-order valence-corrected chi connectivity index (χ1v) is 5.77. The van der Waals surface area contributed by atoms with Crippen molar-refractivity contribution in [3.63, 3.8) is 0 Å². The van der Waals surface area contributed by atoms with E-state index in [-0.39, 0.29) is 29.7 Å². The van der Waals surface area contributed by atoms with E-state index in [9.17, 15) is 14.4 Å². The Kier molecular flexibility index (Phi) is 4.48. The molecule has 17 heavy (non-hydrogen) atoms. The van der Waals surface area contributed by atoms with Gasteiger partial charge >= 0.3 is 0 Å². The molecule has 0 aromatic heterocycles. The number of rotatable bonds is 4. The second kappa shape index (κ2) is 5.65. The van der Waals surface area contributed by atoms with E-state index in [1.54, 1.807) is 20.8 Å². The molecule has 1 aliphatic rings. The van der Waals surface area contributed by atoms with Crippen LogP contribution in [0.4, 0.5) is 0 Å². The summed E-state index contributed by atoms with van der Waals surface area (Å²) in [5.74, 6) is -0.636. The minimum atomic E-state index is -0.583. The summed E-state index contributed by atoms with van der Waals surface area (Å²) >= 11 is 0. The molecule has 0 aromatic carbocycles. The summed E-state index contributed by atoms with van der Waals surface area (Å²) in [6.45, 7) is 5.61. The van der Waals surface area contributed by atoms with Crippen molar-refractivity contribution in [2.45, 2.75) is 39.3 Å². The molecule has 3 N–H and O–H groups in total. The molecule has 0 unspecified atom stereocenters. The fourth-order valence-corrected chi connectivity index (χ4v) is 1.48. The first-order chi connectivity index (χ1) is 7.90. The predicted octanol–water partition coefficient (Wildman–Crippen LogP) is -0.848. The second-order valence-electron chi connectivity index (χ2n) is 4.60. The van der Waals surface area contributed by atoms with E-state index in [0.29, 0.717) is 13.0 Å². The largest absolute Gasteiger partial charge is 0.354 e. The highest BCUT2D eigenvalue weighted by Gasteiger charge is 2.25. The summed E-state index contributed by atoms with van der Waals surface area (Å²) in [5.41, 5.74) is 0. The standard InChI is InChI=1S/C11H19N3O3/c1-6(2)10(16)13-7(3)11(17)14-8-4-9(15)12-5-8/h6-8H,4-5H2,1-3H3,(H,12,15)(H,13,16)(H,14,17)/t7-,8+/m0/s1. The molecule has 0 spiro atoms. The van der Waals surface area contributed by atoms with Gasteiger partial charge in [0.05, 0.1) is 6.04 Å². The van der Waals surface area contributed by atoms with Crippen molar-refractivity contribution in [1.82, 2.24) is 16.0 Å². The Morgan fingerprint density at radius 2 is 1.94 bits per heavy atom. The third-order valence-electron chi connectivity index (χ3n) is 2.60. The van der Waals surface area contributed by atoms with Gasteiger partial charge in [-0.15, -0.1) is 0 Å². The molecular formula is C11H19N3O3.